The summed E-state index contributed by atoms with van der Waals surface area (Å²) in [7, 11) is 1.20. The highest BCUT2D eigenvalue weighted by Crippen LogP contribution is 2.39. The van der Waals surface area contributed by atoms with Crippen molar-refractivity contribution in [1.29, 1.82) is 0 Å². The second-order valence-corrected chi connectivity index (χ2v) is 5.53. The molecule has 1 aromatic heterocycles. The molecular formula is C15H14N4O6. The van der Waals surface area contributed by atoms with Crippen molar-refractivity contribution in [2.24, 2.45) is 0 Å². The molecule has 1 aliphatic heterocycles. The maximum Gasteiger partial charge on any atom is 0.336 e. The van der Waals surface area contributed by atoms with E-state index in [0.717, 1.165) is 0 Å². The van der Waals surface area contributed by atoms with Crippen LogP contribution in [0.4, 0.5) is 0 Å². The zero-order valence-corrected chi connectivity index (χ0v) is 13.6. The molecule has 1 aromatic carbocycles. The topological polar surface area (TPSA) is 134 Å². The number of rotatable bonds is 3. The predicted molar refractivity (Wildman–Crippen MR) is 83.3 cm³/mol. The minimum absolute atomic E-state index is 0.105. The zero-order valence-electron chi connectivity index (χ0n) is 13.6. The average molecular weight is 346 g/mol. The number of aromatic nitrogens is 2. The summed E-state index contributed by atoms with van der Waals surface area (Å²) in [4.78, 5) is 23.5. The summed E-state index contributed by atoms with van der Waals surface area (Å²) in [5.74, 6) is -1.69. The molecule has 3 rings (SSSR count). The normalized spacial score (nSPS) is 17.6. The van der Waals surface area contributed by atoms with Crippen molar-refractivity contribution in [3.8, 4) is 0 Å². The summed E-state index contributed by atoms with van der Waals surface area (Å²) in [6.07, 6.45) is 0. The van der Waals surface area contributed by atoms with Crippen LogP contribution in [0.15, 0.2) is 45.5 Å². The molecule has 0 radical (unpaired) electrons. The summed E-state index contributed by atoms with van der Waals surface area (Å²) in [5, 5.41) is 29.7. The molecule has 0 unspecified atom stereocenters. The molecule has 0 spiro atoms. The monoisotopic (exact) mass is 346 g/mol. The second-order valence-electron chi connectivity index (χ2n) is 5.53. The Morgan fingerprint density at radius 1 is 1.40 bits per heavy atom. The number of esters is 1. The lowest BCUT2D eigenvalue weighted by atomic mass is 9.84. The van der Waals surface area contributed by atoms with Crippen LogP contribution in [0.2, 0.25) is 0 Å². The summed E-state index contributed by atoms with van der Waals surface area (Å²) in [6.45, 7) is 3.18. The number of allylic oxidation sites excluding steroid dienone is 3. The van der Waals surface area contributed by atoms with E-state index in [4.69, 9.17) is 4.74 Å². The van der Waals surface area contributed by atoms with Crippen LogP contribution in [-0.4, -0.2) is 23.2 Å². The molecule has 10 heteroatoms. The van der Waals surface area contributed by atoms with Crippen molar-refractivity contribution in [2.75, 3.05) is 7.11 Å². The number of methoxy groups -OCH3 is 1. The molecule has 10 nitrogen and oxygen atoms in total. The zero-order chi connectivity index (χ0) is 18.3. The van der Waals surface area contributed by atoms with Gasteiger partial charge in [0.05, 0.1) is 23.3 Å². The van der Waals surface area contributed by atoms with Crippen LogP contribution in [0, 0.1) is 15.3 Å². The molecule has 130 valence electrons. The first-order valence-electron chi connectivity index (χ1n) is 7.25. The average Bonchev–Trinajstić information content (AvgIpc) is 2.93. The van der Waals surface area contributed by atoms with Gasteiger partial charge in [-0.1, -0.05) is 6.07 Å². The van der Waals surface area contributed by atoms with E-state index in [2.05, 4.69) is 15.1 Å². The fourth-order valence-corrected chi connectivity index (χ4v) is 3.00. The van der Waals surface area contributed by atoms with Crippen LogP contribution >= 0.6 is 0 Å². The molecule has 0 saturated carbocycles. The largest absolute Gasteiger partial charge is 0.466 e. The standard InChI is InChI=1S/C15H14N4O6/c1-7-12(15(20)24-3)13(14(18(21)22)8(2)16-7)9-4-5-10-11(6-9)19(23)25-17-10/h4-6,13,16H,1-3H3/t13-/m1/s1. The fourth-order valence-electron chi connectivity index (χ4n) is 3.00. The van der Waals surface area contributed by atoms with Crippen LogP contribution in [0.25, 0.3) is 11.0 Å². The first-order chi connectivity index (χ1) is 11.8. The Morgan fingerprint density at radius 3 is 2.76 bits per heavy atom. The molecule has 2 aromatic rings. The van der Waals surface area contributed by atoms with Crippen LogP contribution < -0.4 is 10.2 Å². The van der Waals surface area contributed by atoms with E-state index in [1.54, 1.807) is 19.9 Å². The van der Waals surface area contributed by atoms with Gasteiger partial charge in [-0.3, -0.25) is 14.7 Å². The molecule has 1 N–H and O–H groups in total. The highest BCUT2D eigenvalue weighted by molar-refractivity contribution is 5.92. The predicted octanol–water partition coefficient (Wildman–Crippen LogP) is 1.10. The lowest BCUT2D eigenvalue weighted by Gasteiger charge is -2.25. The number of nitrogens with one attached hydrogen (secondary N) is 1. The maximum atomic E-state index is 12.3. The van der Waals surface area contributed by atoms with E-state index in [0.29, 0.717) is 22.5 Å². The van der Waals surface area contributed by atoms with Crippen molar-refractivity contribution in [3.63, 3.8) is 0 Å². The van der Waals surface area contributed by atoms with Crippen LogP contribution in [0.5, 0.6) is 0 Å². The van der Waals surface area contributed by atoms with Gasteiger partial charge in [-0.25, -0.2) is 4.79 Å². The Morgan fingerprint density at radius 2 is 2.12 bits per heavy atom. The molecule has 2 heterocycles. The molecule has 1 atom stereocenters. The van der Waals surface area contributed by atoms with E-state index >= 15 is 0 Å². The van der Waals surface area contributed by atoms with Crippen molar-refractivity contribution in [3.05, 3.63) is 61.7 Å². The lowest BCUT2D eigenvalue weighted by molar-refractivity contribution is -0.782. The summed E-state index contributed by atoms with van der Waals surface area (Å²) in [5.41, 5.74) is 1.45. The fraction of sp³-hybridized carbons (Fsp3) is 0.267. The van der Waals surface area contributed by atoms with Gasteiger partial charge in [0.25, 0.3) is 5.70 Å². The van der Waals surface area contributed by atoms with Crippen LogP contribution in [0.1, 0.15) is 25.3 Å². The number of fused-ring (bicyclic) bond motifs is 1. The number of carbonyl (C=O) groups is 1. The van der Waals surface area contributed by atoms with Gasteiger partial charge in [-0.05, 0) is 36.4 Å². The summed E-state index contributed by atoms with van der Waals surface area (Å²) in [6, 6.07) is 4.48. The molecule has 0 saturated heterocycles. The third kappa shape index (κ3) is 2.57. The number of nitrogens with zero attached hydrogens (tertiary/aromatic N) is 3. The third-order valence-corrected chi connectivity index (χ3v) is 4.07. The first-order valence-corrected chi connectivity index (χ1v) is 7.25. The maximum absolute atomic E-state index is 12.3. The number of hydrogen-bond acceptors (Lipinski definition) is 8. The summed E-state index contributed by atoms with van der Waals surface area (Å²) < 4.78 is 9.31. The van der Waals surface area contributed by atoms with Crippen LogP contribution in [-0.2, 0) is 9.53 Å². The molecule has 1 aliphatic rings. The Kier molecular flexibility index (Phi) is 3.87. The summed E-state index contributed by atoms with van der Waals surface area (Å²) >= 11 is 0. The number of carbonyl (C=O) groups excluding carboxylic acids is 1. The van der Waals surface area contributed by atoms with Gasteiger partial charge < -0.3 is 15.3 Å². The number of dihydropyridines is 1. The SMILES string of the molecule is COC(=O)C1=C(C)NC(C)=C([N+](=O)[O-])[C@@H]1c1ccc2no[n+]([O-])c2c1. The van der Waals surface area contributed by atoms with E-state index < -0.39 is 16.8 Å². The van der Waals surface area contributed by atoms with Crippen molar-refractivity contribution in [1.82, 2.24) is 10.5 Å². The molecule has 0 aliphatic carbocycles. The number of ether oxygens (including phenoxy) is 1. The van der Waals surface area contributed by atoms with Crippen molar-refractivity contribution < 1.29 is 24.0 Å². The van der Waals surface area contributed by atoms with Gasteiger partial charge in [0.15, 0.2) is 0 Å². The quantitative estimate of drug-likeness (QED) is 0.378. The van der Waals surface area contributed by atoms with Crippen molar-refractivity contribution in [2.45, 2.75) is 19.8 Å². The highest BCUT2D eigenvalue weighted by Gasteiger charge is 2.41. The molecule has 25 heavy (non-hydrogen) atoms. The van der Waals surface area contributed by atoms with Crippen molar-refractivity contribution >= 4 is 17.0 Å². The van der Waals surface area contributed by atoms with Gasteiger partial charge in [-0.2, -0.15) is 0 Å². The minimum atomic E-state index is -0.997. The van der Waals surface area contributed by atoms with Gasteiger partial charge in [-0.15, -0.1) is 0 Å². The van der Waals surface area contributed by atoms with Gasteiger partial charge in [0.1, 0.15) is 5.92 Å². The highest BCUT2D eigenvalue weighted by atomic mass is 16.8. The van der Waals surface area contributed by atoms with E-state index in [1.165, 1.54) is 19.2 Å². The smallest absolute Gasteiger partial charge is 0.336 e. The first kappa shape index (κ1) is 16.4. The number of benzene rings is 1. The van der Waals surface area contributed by atoms with Crippen LogP contribution in [0.3, 0.4) is 0 Å². The Hall–Kier alpha value is -3.43. The Bertz CT molecular complexity index is 958. The number of hydrogen-bond donors (Lipinski definition) is 1. The van der Waals surface area contributed by atoms with Gasteiger partial charge in [0.2, 0.25) is 11.0 Å². The van der Waals surface area contributed by atoms with E-state index in [-0.39, 0.29) is 21.7 Å². The van der Waals surface area contributed by atoms with E-state index in [1.807, 2.05) is 0 Å². The third-order valence-electron chi connectivity index (χ3n) is 4.07. The second kappa shape index (κ2) is 5.89. The van der Waals surface area contributed by atoms with Gasteiger partial charge >= 0.3 is 5.97 Å². The number of nitro groups is 1. The Labute approximate surface area is 141 Å². The molecular weight excluding hydrogens is 332 g/mol. The van der Waals surface area contributed by atoms with Gasteiger partial charge in [0, 0.05) is 10.9 Å². The Balaban J connectivity index is 2.26. The molecule has 0 amide bonds. The lowest BCUT2D eigenvalue weighted by Crippen LogP contribution is -2.31. The van der Waals surface area contributed by atoms with E-state index in [9.17, 15) is 20.1 Å². The molecule has 0 fully saturated rings. The molecule has 0 bridgehead atoms. The minimum Gasteiger partial charge on any atom is -0.466 e.